The topological polar surface area (TPSA) is 70.1 Å². The first-order valence-corrected chi connectivity index (χ1v) is 5.36. The van der Waals surface area contributed by atoms with Gasteiger partial charge in [0.25, 0.3) is 0 Å². The molecule has 100 valence electrons. The number of hydrogen-bond acceptors (Lipinski definition) is 4. The van der Waals surface area contributed by atoms with Gasteiger partial charge in [0.1, 0.15) is 0 Å². The molecular weight excluding hydrogens is 256 g/mol. The first-order valence-electron chi connectivity index (χ1n) is 5.36. The lowest BCUT2D eigenvalue weighted by atomic mass is 10.2. The summed E-state index contributed by atoms with van der Waals surface area (Å²) in [5.41, 5.74) is 6.30. The van der Waals surface area contributed by atoms with Gasteiger partial charge in [-0.25, -0.2) is 13.6 Å². The van der Waals surface area contributed by atoms with Gasteiger partial charge in [-0.1, -0.05) is 6.07 Å². The van der Waals surface area contributed by atoms with Gasteiger partial charge in [-0.2, -0.15) is 5.10 Å². The van der Waals surface area contributed by atoms with Gasteiger partial charge in [0.15, 0.2) is 17.3 Å². The zero-order chi connectivity index (χ0) is 14.0. The van der Waals surface area contributed by atoms with E-state index in [0.717, 1.165) is 12.1 Å². The number of nitrogen functional groups attached to an aromatic ring is 1. The van der Waals surface area contributed by atoms with Gasteiger partial charge in [0, 0.05) is 0 Å². The molecule has 5 nitrogen and oxygen atoms in total. The quantitative estimate of drug-likeness (QED) is 0.857. The van der Waals surface area contributed by atoms with Crippen LogP contribution < -0.4 is 5.73 Å². The number of methoxy groups -OCH3 is 1. The molecule has 2 N–H and O–H groups in total. The van der Waals surface area contributed by atoms with Crippen LogP contribution in [0.25, 0.3) is 0 Å². The molecule has 0 aliphatic carbocycles. The van der Waals surface area contributed by atoms with E-state index in [1.54, 1.807) is 0 Å². The van der Waals surface area contributed by atoms with Gasteiger partial charge < -0.3 is 10.5 Å². The fourth-order valence-electron chi connectivity index (χ4n) is 1.65. The van der Waals surface area contributed by atoms with Crippen molar-refractivity contribution in [2.45, 2.75) is 6.54 Å². The summed E-state index contributed by atoms with van der Waals surface area (Å²) in [5, 5.41) is 3.91. The second-order valence-electron chi connectivity index (χ2n) is 3.85. The highest BCUT2D eigenvalue weighted by Crippen LogP contribution is 2.15. The molecule has 0 spiro atoms. The minimum atomic E-state index is -0.961. The van der Waals surface area contributed by atoms with Crippen LogP contribution in [0.3, 0.4) is 0 Å². The number of nitrogens with zero attached hydrogens (tertiary/aromatic N) is 2. The third-order valence-corrected chi connectivity index (χ3v) is 2.56. The van der Waals surface area contributed by atoms with Crippen LogP contribution in [0.2, 0.25) is 0 Å². The Bertz CT molecular complexity index is 625. The Morgan fingerprint density at radius 2 is 2.16 bits per heavy atom. The minimum absolute atomic E-state index is 0.0761. The lowest BCUT2D eigenvalue weighted by Gasteiger charge is -2.07. The van der Waals surface area contributed by atoms with Crippen molar-refractivity contribution in [2.24, 2.45) is 0 Å². The van der Waals surface area contributed by atoms with Crippen LogP contribution in [0.15, 0.2) is 24.4 Å². The maximum Gasteiger partial charge on any atom is 0.358 e. The Hall–Kier alpha value is -2.44. The summed E-state index contributed by atoms with van der Waals surface area (Å²) in [6, 6.07) is 3.45. The van der Waals surface area contributed by atoms with E-state index in [4.69, 9.17) is 5.73 Å². The van der Waals surface area contributed by atoms with Crippen LogP contribution >= 0.6 is 0 Å². The highest BCUT2D eigenvalue weighted by Gasteiger charge is 2.17. The monoisotopic (exact) mass is 267 g/mol. The van der Waals surface area contributed by atoms with Gasteiger partial charge >= 0.3 is 5.97 Å². The van der Waals surface area contributed by atoms with Crippen molar-refractivity contribution in [1.29, 1.82) is 0 Å². The molecule has 0 atom stereocenters. The second-order valence-corrected chi connectivity index (χ2v) is 3.85. The molecule has 0 fully saturated rings. The van der Waals surface area contributed by atoms with Gasteiger partial charge in [0.2, 0.25) is 0 Å². The number of carbonyl (C=O) groups is 1. The summed E-state index contributed by atoms with van der Waals surface area (Å²) >= 11 is 0. The van der Waals surface area contributed by atoms with Crippen molar-refractivity contribution in [3.05, 3.63) is 47.3 Å². The zero-order valence-electron chi connectivity index (χ0n) is 10.1. The van der Waals surface area contributed by atoms with Crippen LogP contribution in [0, 0.1) is 11.6 Å². The second kappa shape index (κ2) is 5.05. The van der Waals surface area contributed by atoms with Crippen LogP contribution in [-0.4, -0.2) is 22.9 Å². The maximum absolute atomic E-state index is 13.1. The Morgan fingerprint density at radius 1 is 1.42 bits per heavy atom. The molecule has 0 amide bonds. The molecule has 2 rings (SSSR count). The zero-order valence-corrected chi connectivity index (χ0v) is 10.1. The van der Waals surface area contributed by atoms with Gasteiger partial charge in [-0.15, -0.1) is 0 Å². The number of benzene rings is 1. The van der Waals surface area contributed by atoms with E-state index in [9.17, 15) is 13.6 Å². The van der Waals surface area contributed by atoms with Gasteiger partial charge in [-0.3, -0.25) is 4.68 Å². The number of carbonyl (C=O) groups excluding carboxylic acids is 1. The van der Waals surface area contributed by atoms with E-state index in [0.29, 0.717) is 5.56 Å². The fourth-order valence-corrected chi connectivity index (χ4v) is 1.65. The van der Waals surface area contributed by atoms with E-state index < -0.39 is 17.6 Å². The molecule has 0 aliphatic rings. The summed E-state index contributed by atoms with van der Waals surface area (Å²) in [7, 11) is 1.22. The Morgan fingerprint density at radius 3 is 2.79 bits per heavy atom. The lowest BCUT2D eigenvalue weighted by molar-refractivity contribution is 0.0588. The molecule has 19 heavy (non-hydrogen) atoms. The summed E-state index contributed by atoms with van der Waals surface area (Å²) in [4.78, 5) is 11.5. The van der Waals surface area contributed by atoms with Crippen molar-refractivity contribution < 1.29 is 18.3 Å². The van der Waals surface area contributed by atoms with E-state index in [2.05, 4.69) is 9.84 Å². The highest BCUT2D eigenvalue weighted by atomic mass is 19.2. The number of halogens is 2. The van der Waals surface area contributed by atoms with E-state index >= 15 is 0 Å². The fraction of sp³-hybridized carbons (Fsp3) is 0.167. The van der Waals surface area contributed by atoms with E-state index in [1.807, 2.05) is 0 Å². The molecule has 0 radical (unpaired) electrons. The molecule has 0 saturated heterocycles. The molecule has 0 unspecified atom stereocenters. The summed E-state index contributed by atoms with van der Waals surface area (Å²) in [6.45, 7) is 0.0822. The van der Waals surface area contributed by atoms with Gasteiger partial charge in [0.05, 0.1) is 25.5 Å². The smallest absolute Gasteiger partial charge is 0.358 e. The molecule has 7 heteroatoms. The Kier molecular flexibility index (Phi) is 3.46. The number of ether oxygens (including phenoxy) is 1. The van der Waals surface area contributed by atoms with Crippen molar-refractivity contribution >= 4 is 11.7 Å². The predicted molar refractivity (Wildman–Crippen MR) is 63.4 cm³/mol. The average molecular weight is 267 g/mol. The third-order valence-electron chi connectivity index (χ3n) is 2.56. The Balaban J connectivity index is 2.33. The van der Waals surface area contributed by atoms with Crippen LogP contribution in [0.5, 0.6) is 0 Å². The first-order chi connectivity index (χ1) is 9.02. The summed E-state index contributed by atoms with van der Waals surface area (Å²) in [6.07, 6.45) is 1.30. The SMILES string of the molecule is COC(=O)c1c(N)cnn1Cc1ccc(F)c(F)c1. The Labute approximate surface area is 107 Å². The number of esters is 1. The molecule has 0 bridgehead atoms. The molecule has 0 aliphatic heterocycles. The molecule has 1 aromatic heterocycles. The number of aromatic nitrogens is 2. The van der Waals surface area contributed by atoms with E-state index in [1.165, 1.54) is 24.1 Å². The van der Waals surface area contributed by atoms with Crippen LogP contribution in [0.1, 0.15) is 16.1 Å². The normalized spacial score (nSPS) is 10.5. The van der Waals surface area contributed by atoms with Gasteiger partial charge in [-0.05, 0) is 17.7 Å². The molecule has 1 aromatic carbocycles. The standard InChI is InChI=1S/C12H11F2N3O2/c1-19-12(18)11-10(15)5-16-17(11)6-7-2-3-8(13)9(14)4-7/h2-5H,6,15H2,1H3. The van der Waals surface area contributed by atoms with Crippen molar-refractivity contribution in [3.63, 3.8) is 0 Å². The maximum atomic E-state index is 13.1. The number of hydrogen-bond donors (Lipinski definition) is 1. The molecule has 0 saturated carbocycles. The first kappa shape index (κ1) is 13.0. The number of anilines is 1. The lowest BCUT2D eigenvalue weighted by Crippen LogP contribution is -2.14. The van der Waals surface area contributed by atoms with Crippen molar-refractivity contribution in [1.82, 2.24) is 9.78 Å². The van der Waals surface area contributed by atoms with Crippen molar-refractivity contribution in [3.8, 4) is 0 Å². The third kappa shape index (κ3) is 2.54. The predicted octanol–water partition coefficient (Wildman–Crippen LogP) is 1.58. The molecule has 2 aromatic rings. The summed E-state index contributed by atoms with van der Waals surface area (Å²) in [5.74, 6) is -2.54. The number of nitrogens with two attached hydrogens (primary N) is 1. The molecular formula is C12H11F2N3O2. The van der Waals surface area contributed by atoms with E-state index in [-0.39, 0.29) is 17.9 Å². The largest absolute Gasteiger partial charge is 0.464 e. The summed E-state index contributed by atoms with van der Waals surface area (Å²) < 4.78 is 31.8. The molecule has 1 heterocycles. The average Bonchev–Trinajstić information content (AvgIpc) is 2.74. The minimum Gasteiger partial charge on any atom is -0.464 e. The van der Waals surface area contributed by atoms with Crippen LogP contribution in [0.4, 0.5) is 14.5 Å². The number of rotatable bonds is 3. The van der Waals surface area contributed by atoms with Crippen molar-refractivity contribution in [2.75, 3.05) is 12.8 Å². The highest BCUT2D eigenvalue weighted by molar-refractivity contribution is 5.92. The van der Waals surface area contributed by atoms with Crippen LogP contribution in [-0.2, 0) is 11.3 Å².